The van der Waals surface area contributed by atoms with Gasteiger partial charge in [-0.2, -0.15) is 0 Å². The minimum Gasteiger partial charge on any atom is -0.337 e. The van der Waals surface area contributed by atoms with Gasteiger partial charge in [0.05, 0.1) is 0 Å². The molecular weight excluding hydrogens is 276 g/mol. The normalized spacial score (nSPS) is 22.0. The van der Waals surface area contributed by atoms with Crippen molar-refractivity contribution in [2.45, 2.75) is 51.7 Å². The van der Waals surface area contributed by atoms with Crippen LogP contribution in [-0.2, 0) is 11.3 Å². The minimum absolute atomic E-state index is 0.137. The lowest BCUT2D eigenvalue weighted by Gasteiger charge is -2.39. The first-order valence-electron chi connectivity index (χ1n) is 7.96. The predicted molar refractivity (Wildman–Crippen MR) is 86.9 cm³/mol. The molecule has 1 aliphatic rings. The van der Waals surface area contributed by atoms with Crippen LogP contribution in [0.25, 0.3) is 10.9 Å². The summed E-state index contributed by atoms with van der Waals surface area (Å²) in [5.41, 5.74) is 1.58. The molecule has 116 valence electrons. The van der Waals surface area contributed by atoms with E-state index in [-0.39, 0.29) is 5.91 Å². The minimum atomic E-state index is 0.137. The number of benzene rings is 1. The highest BCUT2D eigenvalue weighted by Gasteiger charge is 2.29. The second-order valence-corrected chi connectivity index (χ2v) is 6.28. The third-order valence-corrected chi connectivity index (χ3v) is 4.73. The Kier molecular flexibility index (Phi) is 4.01. The molecule has 3 rings (SSSR count). The zero-order chi connectivity index (χ0) is 15.7. The molecule has 2 aromatic rings. The molecule has 4 heteroatoms. The van der Waals surface area contributed by atoms with Gasteiger partial charge >= 0.3 is 0 Å². The molecule has 2 atom stereocenters. The lowest BCUT2D eigenvalue weighted by Crippen LogP contribution is -2.48. The van der Waals surface area contributed by atoms with Gasteiger partial charge in [-0.1, -0.05) is 18.2 Å². The van der Waals surface area contributed by atoms with Crippen molar-refractivity contribution in [2.24, 2.45) is 0 Å². The van der Waals surface area contributed by atoms with Crippen molar-refractivity contribution in [2.75, 3.05) is 0 Å². The van der Waals surface area contributed by atoms with E-state index >= 15 is 0 Å². The van der Waals surface area contributed by atoms with E-state index in [2.05, 4.69) is 13.8 Å². The van der Waals surface area contributed by atoms with Crippen molar-refractivity contribution in [1.82, 2.24) is 9.47 Å². The Balaban J connectivity index is 1.89. The SMILES string of the molecule is C[C@@H]1CCC[C@@H](C)N1C(=O)Cn1cc(C=O)c2ccccc21. The largest absolute Gasteiger partial charge is 0.337 e. The van der Waals surface area contributed by atoms with E-state index in [0.29, 0.717) is 24.2 Å². The number of rotatable bonds is 3. The molecule has 1 aromatic carbocycles. The number of piperidine rings is 1. The van der Waals surface area contributed by atoms with Crippen molar-refractivity contribution >= 4 is 23.1 Å². The molecule has 22 heavy (non-hydrogen) atoms. The summed E-state index contributed by atoms with van der Waals surface area (Å²) in [7, 11) is 0. The summed E-state index contributed by atoms with van der Waals surface area (Å²) in [5.74, 6) is 0.137. The van der Waals surface area contributed by atoms with Gasteiger partial charge in [0.15, 0.2) is 6.29 Å². The Bertz CT molecular complexity index is 694. The van der Waals surface area contributed by atoms with Crippen LogP contribution in [0.1, 0.15) is 43.5 Å². The fourth-order valence-electron chi connectivity index (χ4n) is 3.64. The second kappa shape index (κ2) is 5.95. The van der Waals surface area contributed by atoms with Gasteiger partial charge in [0, 0.05) is 34.7 Å². The van der Waals surface area contributed by atoms with Crippen molar-refractivity contribution < 1.29 is 9.59 Å². The van der Waals surface area contributed by atoms with E-state index in [0.717, 1.165) is 30.0 Å². The van der Waals surface area contributed by atoms with Crippen molar-refractivity contribution in [3.63, 3.8) is 0 Å². The summed E-state index contributed by atoms with van der Waals surface area (Å²) in [6, 6.07) is 8.32. The number of fused-ring (bicyclic) bond motifs is 1. The van der Waals surface area contributed by atoms with Crippen LogP contribution in [0.4, 0.5) is 0 Å². The molecule has 0 bridgehead atoms. The van der Waals surface area contributed by atoms with Gasteiger partial charge in [0.2, 0.25) is 5.91 Å². The van der Waals surface area contributed by atoms with Crippen molar-refractivity contribution in [3.05, 3.63) is 36.0 Å². The maximum atomic E-state index is 12.7. The Labute approximate surface area is 130 Å². The number of likely N-dealkylation sites (tertiary alicyclic amines) is 1. The highest BCUT2D eigenvalue weighted by atomic mass is 16.2. The summed E-state index contributed by atoms with van der Waals surface area (Å²) >= 11 is 0. The molecule has 0 aliphatic carbocycles. The monoisotopic (exact) mass is 298 g/mol. The van der Waals surface area contributed by atoms with Crippen LogP contribution in [0, 0.1) is 0 Å². The van der Waals surface area contributed by atoms with E-state index in [1.165, 1.54) is 6.42 Å². The molecule has 1 saturated heterocycles. The van der Waals surface area contributed by atoms with Crippen LogP contribution < -0.4 is 0 Å². The molecule has 2 heterocycles. The maximum Gasteiger partial charge on any atom is 0.242 e. The fourth-order valence-corrected chi connectivity index (χ4v) is 3.64. The summed E-state index contributed by atoms with van der Waals surface area (Å²) in [6.45, 7) is 4.54. The van der Waals surface area contributed by atoms with E-state index < -0.39 is 0 Å². The van der Waals surface area contributed by atoms with Gasteiger partial charge in [-0.3, -0.25) is 9.59 Å². The smallest absolute Gasteiger partial charge is 0.242 e. The van der Waals surface area contributed by atoms with Crippen LogP contribution in [-0.4, -0.2) is 33.7 Å². The Morgan fingerprint density at radius 1 is 1.23 bits per heavy atom. The molecule has 0 N–H and O–H groups in total. The highest BCUT2D eigenvalue weighted by Crippen LogP contribution is 2.24. The first-order valence-corrected chi connectivity index (χ1v) is 7.96. The Hall–Kier alpha value is -2.10. The Morgan fingerprint density at radius 3 is 2.59 bits per heavy atom. The molecule has 0 spiro atoms. The lowest BCUT2D eigenvalue weighted by atomic mass is 9.97. The number of aromatic nitrogens is 1. The average molecular weight is 298 g/mol. The molecule has 0 saturated carbocycles. The van der Waals surface area contributed by atoms with Crippen LogP contribution in [0.2, 0.25) is 0 Å². The number of aldehydes is 1. The zero-order valence-corrected chi connectivity index (χ0v) is 13.2. The third-order valence-electron chi connectivity index (χ3n) is 4.73. The van der Waals surface area contributed by atoms with Gasteiger partial charge in [-0.25, -0.2) is 0 Å². The standard InChI is InChI=1S/C18H22N2O2/c1-13-6-5-7-14(2)20(13)18(22)11-19-10-15(12-21)16-8-3-4-9-17(16)19/h3-4,8-10,12-14H,5-7,11H2,1-2H3/t13-,14-/m1/s1. The third kappa shape index (κ3) is 2.54. The summed E-state index contributed by atoms with van der Waals surface area (Å²) in [5, 5.41) is 0.907. The van der Waals surface area contributed by atoms with E-state index in [1.54, 1.807) is 6.20 Å². The number of amides is 1. The number of carbonyl (C=O) groups is 2. The fraction of sp³-hybridized carbons (Fsp3) is 0.444. The predicted octanol–water partition coefficient (Wildman–Crippen LogP) is 3.24. The van der Waals surface area contributed by atoms with Crippen LogP contribution in [0.15, 0.2) is 30.5 Å². The van der Waals surface area contributed by atoms with Crippen molar-refractivity contribution in [1.29, 1.82) is 0 Å². The molecule has 1 fully saturated rings. The maximum absolute atomic E-state index is 12.7. The second-order valence-electron chi connectivity index (χ2n) is 6.28. The zero-order valence-electron chi connectivity index (χ0n) is 13.2. The number of hydrogen-bond acceptors (Lipinski definition) is 2. The van der Waals surface area contributed by atoms with E-state index in [4.69, 9.17) is 0 Å². The molecule has 1 aromatic heterocycles. The van der Waals surface area contributed by atoms with Crippen molar-refractivity contribution in [3.8, 4) is 0 Å². The van der Waals surface area contributed by atoms with E-state index in [9.17, 15) is 9.59 Å². The van der Waals surface area contributed by atoms with E-state index in [1.807, 2.05) is 33.7 Å². The number of hydrogen-bond donors (Lipinski definition) is 0. The summed E-state index contributed by atoms with van der Waals surface area (Å²) in [6.07, 6.45) is 5.97. The molecule has 4 nitrogen and oxygen atoms in total. The van der Waals surface area contributed by atoms with Crippen LogP contribution in [0.3, 0.4) is 0 Å². The molecular formula is C18H22N2O2. The summed E-state index contributed by atoms with van der Waals surface area (Å²) < 4.78 is 1.90. The van der Waals surface area contributed by atoms with Gasteiger partial charge in [-0.15, -0.1) is 0 Å². The first kappa shape index (κ1) is 14.8. The average Bonchev–Trinajstić information content (AvgIpc) is 2.85. The van der Waals surface area contributed by atoms with Crippen LogP contribution >= 0.6 is 0 Å². The van der Waals surface area contributed by atoms with Crippen LogP contribution in [0.5, 0.6) is 0 Å². The van der Waals surface area contributed by atoms with Gasteiger partial charge in [0.1, 0.15) is 6.54 Å². The first-order chi connectivity index (χ1) is 10.6. The summed E-state index contributed by atoms with van der Waals surface area (Å²) in [4.78, 5) is 26.0. The quantitative estimate of drug-likeness (QED) is 0.816. The molecule has 0 radical (unpaired) electrons. The topological polar surface area (TPSA) is 42.3 Å². The molecule has 1 aliphatic heterocycles. The number of carbonyl (C=O) groups excluding carboxylic acids is 2. The Morgan fingerprint density at radius 2 is 1.91 bits per heavy atom. The lowest BCUT2D eigenvalue weighted by molar-refractivity contribution is -0.137. The molecule has 1 amide bonds. The van der Waals surface area contributed by atoms with Gasteiger partial charge in [-0.05, 0) is 39.2 Å². The highest BCUT2D eigenvalue weighted by molar-refractivity contribution is 5.98. The number of para-hydroxylation sites is 1. The van der Waals surface area contributed by atoms with Gasteiger partial charge < -0.3 is 9.47 Å². The molecule has 0 unspecified atom stereocenters. The number of nitrogens with zero attached hydrogens (tertiary/aromatic N) is 2. The van der Waals surface area contributed by atoms with Gasteiger partial charge in [0.25, 0.3) is 0 Å².